The van der Waals surface area contributed by atoms with Crippen molar-refractivity contribution in [1.82, 2.24) is 0 Å². The maximum atomic E-state index is 15.7. The third-order valence-corrected chi connectivity index (χ3v) is 13.6. The third-order valence-electron chi connectivity index (χ3n) is 11.5. The number of hydrogen-bond acceptors (Lipinski definition) is 0. The number of aryl methyl sites for hydroxylation is 1. The van der Waals surface area contributed by atoms with Crippen molar-refractivity contribution in [3.05, 3.63) is 234 Å². The molecular weight excluding hydrogens is 981 g/mol. The summed E-state index contributed by atoms with van der Waals surface area (Å²) in [6.45, 7) is 4.10. The Hall–Kier alpha value is -5.91. The van der Waals surface area contributed by atoms with Gasteiger partial charge in [0.2, 0.25) is 0 Å². The van der Waals surface area contributed by atoms with Gasteiger partial charge >= 0.3 is 296 Å². The Kier molecular flexibility index (Phi) is 17.2. The maximum Gasteiger partial charge on any atom is 3.00 e. The predicted molar refractivity (Wildman–Crippen MR) is 255 cm³/mol. The molecule has 0 amide bonds. The molecule has 8 aromatic carbocycles. The van der Waals surface area contributed by atoms with Crippen LogP contribution in [0.1, 0.15) is 35.6 Å². The first-order valence-corrected chi connectivity index (χ1v) is 22.4. The Balaban J connectivity index is 0.000000363. The van der Waals surface area contributed by atoms with Crippen LogP contribution in [0.3, 0.4) is 0 Å². The number of hydrogen-bond donors (Lipinski definition) is 0. The standard InChI is InChI=1S/C36H18BF10Si.C17H15.2CH3.Zr/c1-48(17-10-6-3-7-11-17)15-14-20-23(25-29(40)33(44)36(47)34(45)30(25)41)22-19(26(20)37)13-12-18(21(22)16-8-4-2-5-9-16)24-27(38)31(42)35(46)32(43)28(24)39;1-2-13-11-15-9-6-10-16(17(15)12-13)14-7-4-3-5-8-14;;;/h2-13,15H,14H2,1H3;3-12H,2H2,1H3;2*1H3;/q;3*-1;+3. The SMILES string of the molecule is CCc1cc2c(-c3ccccc3)cccc2[cH-]1.[B]=C1C(CC=[Si](C)c2ccccc2)=C(c2c(F)c(F)c(F)c(F)c2F)c2c1ccc(-c1c(F)c(F)c(F)c(F)c1F)c2-c1ccccc1.[CH3-].[CH3-].[Zr+3]. The second kappa shape index (κ2) is 22.0. The summed E-state index contributed by atoms with van der Waals surface area (Å²) in [7, 11) is 5.05. The van der Waals surface area contributed by atoms with E-state index in [0.717, 1.165) is 23.7 Å². The minimum atomic E-state index is -2.42. The van der Waals surface area contributed by atoms with Crippen molar-refractivity contribution < 1.29 is 70.1 Å². The molecule has 0 aliphatic heterocycles. The molecule has 13 heteroatoms. The molecule has 9 rings (SSSR count). The zero-order valence-electron chi connectivity index (χ0n) is 37.1. The van der Waals surface area contributed by atoms with Gasteiger partial charge in [-0.15, -0.1) is 34.5 Å². The molecular formula is C55H39BF10SiZr. The molecule has 1 aliphatic rings. The van der Waals surface area contributed by atoms with Gasteiger partial charge in [-0.2, -0.15) is 6.07 Å². The van der Waals surface area contributed by atoms with Crippen molar-refractivity contribution in [2.24, 2.45) is 0 Å². The van der Waals surface area contributed by atoms with Gasteiger partial charge in [-0.05, 0) is 12.0 Å². The Bertz CT molecular complexity index is 3180. The summed E-state index contributed by atoms with van der Waals surface area (Å²) >= 11 is 0. The monoisotopic (exact) mass is 1020 g/mol. The average molecular weight is 1020 g/mol. The van der Waals surface area contributed by atoms with Gasteiger partial charge in [-0.1, -0.05) is 48.9 Å². The van der Waals surface area contributed by atoms with Gasteiger partial charge in [0.05, 0.1) is 0 Å². The van der Waals surface area contributed by atoms with Gasteiger partial charge < -0.3 is 14.9 Å². The first-order chi connectivity index (χ1) is 31.2. The predicted octanol–water partition coefficient (Wildman–Crippen LogP) is 14.4. The van der Waals surface area contributed by atoms with Crippen molar-refractivity contribution >= 4 is 48.6 Å². The van der Waals surface area contributed by atoms with Crippen molar-refractivity contribution in [1.29, 1.82) is 0 Å². The first-order valence-electron chi connectivity index (χ1n) is 20.3. The number of rotatable bonds is 8. The van der Waals surface area contributed by atoms with Crippen LogP contribution in [0.15, 0.2) is 139 Å². The molecule has 0 fully saturated rings. The van der Waals surface area contributed by atoms with E-state index in [4.69, 9.17) is 7.49 Å². The number of halogens is 10. The van der Waals surface area contributed by atoms with Gasteiger partial charge in [-0.3, -0.25) is 0 Å². The molecule has 0 saturated carbocycles. The van der Waals surface area contributed by atoms with Gasteiger partial charge in [0, 0.05) is 0 Å². The molecule has 0 spiro atoms. The number of benzene rings is 7. The molecule has 0 bridgehead atoms. The van der Waals surface area contributed by atoms with E-state index in [0.29, 0.717) is 0 Å². The Morgan fingerprint density at radius 2 is 0.971 bits per heavy atom. The van der Waals surface area contributed by atoms with Crippen molar-refractivity contribution in [3.63, 3.8) is 0 Å². The molecule has 0 aromatic heterocycles. The van der Waals surface area contributed by atoms with Crippen molar-refractivity contribution in [2.45, 2.75) is 26.3 Å². The van der Waals surface area contributed by atoms with E-state index in [1.165, 1.54) is 51.7 Å². The van der Waals surface area contributed by atoms with Gasteiger partial charge in [0.1, 0.15) is 0 Å². The molecule has 0 saturated heterocycles. The molecule has 68 heavy (non-hydrogen) atoms. The van der Waals surface area contributed by atoms with Crippen LogP contribution in [0.5, 0.6) is 0 Å². The fraction of sp³-hybridized carbons (Fsp3) is 0.0727. The zero-order chi connectivity index (χ0) is 46.3. The van der Waals surface area contributed by atoms with Gasteiger partial charge in [-0.25, -0.2) is 0 Å². The molecule has 340 valence electrons. The molecule has 0 heterocycles. The summed E-state index contributed by atoms with van der Waals surface area (Å²) in [5, 5.41) is 3.65. The van der Waals surface area contributed by atoms with Gasteiger partial charge in [0.15, 0.2) is 0 Å². The maximum absolute atomic E-state index is 15.7. The summed E-state index contributed by atoms with van der Waals surface area (Å²) in [6.07, 6.45) is 0.948. The quantitative estimate of drug-likeness (QED) is 0.0468. The van der Waals surface area contributed by atoms with Crippen molar-refractivity contribution in [2.75, 3.05) is 0 Å². The molecule has 8 aromatic rings. The first kappa shape index (κ1) is 53.1. The average Bonchev–Trinajstić information content (AvgIpc) is 3.89. The Morgan fingerprint density at radius 1 is 0.500 bits per heavy atom. The van der Waals surface area contributed by atoms with E-state index in [2.05, 4.69) is 67.6 Å². The molecule has 2 radical (unpaired) electrons. The fourth-order valence-corrected chi connectivity index (χ4v) is 9.71. The van der Waals surface area contributed by atoms with Crippen LogP contribution in [0.25, 0.3) is 49.7 Å². The summed E-state index contributed by atoms with van der Waals surface area (Å²) in [4.78, 5) is 0. The number of fused-ring (bicyclic) bond motifs is 2. The van der Waals surface area contributed by atoms with E-state index in [-0.39, 0.29) is 80.8 Å². The minimum absolute atomic E-state index is 0. The molecule has 0 atom stereocenters. The Labute approximate surface area is 410 Å². The largest absolute Gasteiger partial charge is 3.00 e. The Morgan fingerprint density at radius 3 is 1.50 bits per heavy atom. The van der Waals surface area contributed by atoms with Crippen LogP contribution in [0.2, 0.25) is 6.55 Å². The second-order valence-electron chi connectivity index (χ2n) is 15.3. The minimum Gasteiger partial charge on any atom is -0.358 e. The summed E-state index contributed by atoms with van der Waals surface area (Å²) in [5.41, 5.74) is 1.07. The van der Waals surface area contributed by atoms with Crippen molar-refractivity contribution in [3.8, 4) is 33.4 Å². The number of allylic oxidation sites excluding steroid dienone is 1. The van der Waals surface area contributed by atoms with E-state index in [1.807, 2.05) is 18.7 Å². The van der Waals surface area contributed by atoms with E-state index >= 15 is 17.6 Å². The second-order valence-corrected chi connectivity index (χ2v) is 17.6. The fourth-order valence-electron chi connectivity index (χ4n) is 8.25. The van der Waals surface area contributed by atoms with Crippen LogP contribution in [0, 0.1) is 73.0 Å². The van der Waals surface area contributed by atoms with E-state index < -0.39 is 88.8 Å². The van der Waals surface area contributed by atoms with Crippen LogP contribution in [-0.4, -0.2) is 27.0 Å². The molecule has 0 unspecified atom stereocenters. The van der Waals surface area contributed by atoms with E-state index in [1.54, 1.807) is 29.9 Å². The third kappa shape index (κ3) is 9.57. The zero-order valence-corrected chi connectivity index (χ0v) is 40.5. The van der Waals surface area contributed by atoms with Crippen LogP contribution in [0.4, 0.5) is 43.9 Å². The molecule has 0 nitrogen and oxygen atoms in total. The summed E-state index contributed by atoms with van der Waals surface area (Å²) in [6, 6.07) is 40.2. The topological polar surface area (TPSA) is 0 Å². The van der Waals surface area contributed by atoms with E-state index in [9.17, 15) is 26.3 Å². The summed E-state index contributed by atoms with van der Waals surface area (Å²) < 4.78 is 149. The smallest absolute Gasteiger partial charge is 0.358 e. The van der Waals surface area contributed by atoms with Gasteiger partial charge in [0.25, 0.3) is 0 Å². The summed E-state index contributed by atoms with van der Waals surface area (Å²) in [5.74, 6) is -22.6. The van der Waals surface area contributed by atoms with Crippen LogP contribution < -0.4 is 5.19 Å². The molecule has 1 aliphatic carbocycles. The molecule has 0 N–H and O–H groups in total. The van der Waals surface area contributed by atoms with Crippen LogP contribution >= 0.6 is 0 Å². The normalized spacial score (nSPS) is 11.9. The van der Waals surface area contributed by atoms with Crippen LogP contribution in [-0.2, 0) is 32.6 Å².